The zero-order valence-electron chi connectivity index (χ0n) is 15.8. The van der Waals surface area contributed by atoms with Crippen LogP contribution in [0.3, 0.4) is 0 Å². The van der Waals surface area contributed by atoms with E-state index in [0.717, 1.165) is 19.3 Å². The van der Waals surface area contributed by atoms with Gasteiger partial charge in [-0.15, -0.1) is 5.10 Å². The minimum absolute atomic E-state index is 0.0427. The Balaban J connectivity index is 1.65. The van der Waals surface area contributed by atoms with Gasteiger partial charge in [0.25, 0.3) is 0 Å². The molecule has 7 nitrogen and oxygen atoms in total. The van der Waals surface area contributed by atoms with Crippen molar-refractivity contribution < 1.29 is 17.4 Å². The minimum atomic E-state index is -3.91. The van der Waals surface area contributed by atoms with Crippen molar-refractivity contribution in [2.45, 2.75) is 36.3 Å². The molecule has 1 aliphatic rings. The Bertz CT molecular complexity index is 1020. The molecule has 0 aromatic heterocycles. The van der Waals surface area contributed by atoms with Crippen molar-refractivity contribution in [3.05, 3.63) is 60.2 Å². The third-order valence-electron chi connectivity index (χ3n) is 4.05. The van der Waals surface area contributed by atoms with Gasteiger partial charge in [0.15, 0.2) is 5.17 Å². The molecule has 1 aliphatic heterocycles. The molecular weight excluding hydrogens is 410 g/mol. The third kappa shape index (κ3) is 5.91. The first-order chi connectivity index (χ1) is 14.0. The minimum Gasteiger partial charge on any atom is -0.379 e. The fraction of sp³-hybridized carbons (Fsp3) is 0.250. The zero-order chi connectivity index (χ0) is 20.7. The molecule has 2 aromatic carbocycles. The lowest BCUT2D eigenvalue weighted by atomic mass is 10.2. The first-order valence-corrected chi connectivity index (χ1v) is 11.4. The fourth-order valence-corrected chi connectivity index (χ4v) is 4.51. The normalized spacial score (nSPS) is 18.3. The Morgan fingerprint density at radius 3 is 2.72 bits per heavy atom. The summed E-state index contributed by atoms with van der Waals surface area (Å²) in [6, 6.07) is 14.4. The Labute approximate surface area is 174 Å². The van der Waals surface area contributed by atoms with E-state index < -0.39 is 10.1 Å². The summed E-state index contributed by atoms with van der Waals surface area (Å²) >= 11 is 1.37. The van der Waals surface area contributed by atoms with Crippen LogP contribution < -0.4 is 9.50 Å². The van der Waals surface area contributed by atoms with Crippen LogP contribution in [0.15, 0.2) is 69.7 Å². The first-order valence-electron chi connectivity index (χ1n) is 9.16. The topological polar surface area (TPSA) is 97.2 Å². The van der Waals surface area contributed by atoms with Crippen LogP contribution in [0, 0.1) is 0 Å². The van der Waals surface area contributed by atoms with Gasteiger partial charge in [0.1, 0.15) is 10.6 Å². The number of thioether (sulfide) groups is 1. The van der Waals surface area contributed by atoms with Gasteiger partial charge >= 0.3 is 10.1 Å². The number of benzene rings is 2. The van der Waals surface area contributed by atoms with Gasteiger partial charge in [0, 0.05) is 0 Å². The highest BCUT2D eigenvalue weighted by atomic mass is 32.2. The second-order valence-electron chi connectivity index (χ2n) is 6.31. The monoisotopic (exact) mass is 431 g/mol. The highest BCUT2D eigenvalue weighted by Crippen LogP contribution is 2.24. The van der Waals surface area contributed by atoms with Crippen LogP contribution in [-0.4, -0.2) is 31.0 Å². The Kier molecular flexibility index (Phi) is 7.05. The second kappa shape index (κ2) is 9.71. The van der Waals surface area contributed by atoms with E-state index in [2.05, 4.69) is 22.4 Å². The summed E-state index contributed by atoms with van der Waals surface area (Å²) in [5.41, 5.74) is 0.618. The molecule has 1 N–H and O–H groups in total. The van der Waals surface area contributed by atoms with Crippen LogP contribution in [0.4, 0.5) is 0 Å². The molecule has 3 rings (SSSR count). The molecule has 1 heterocycles. The number of rotatable bonds is 8. The van der Waals surface area contributed by atoms with Gasteiger partial charge in [-0.1, -0.05) is 61.9 Å². The predicted molar refractivity (Wildman–Crippen MR) is 115 cm³/mol. The molecule has 1 saturated heterocycles. The van der Waals surface area contributed by atoms with E-state index in [-0.39, 0.29) is 21.8 Å². The summed E-state index contributed by atoms with van der Waals surface area (Å²) in [4.78, 5) is 12.0. The molecule has 1 unspecified atom stereocenters. The van der Waals surface area contributed by atoms with E-state index in [0.29, 0.717) is 10.7 Å². The Morgan fingerprint density at radius 1 is 1.17 bits per heavy atom. The van der Waals surface area contributed by atoms with Gasteiger partial charge in [-0.05, 0) is 36.2 Å². The number of nitrogens with zero attached hydrogens (tertiary/aromatic N) is 2. The largest absolute Gasteiger partial charge is 0.379 e. The number of carbonyl (C=O) groups excluding carboxylic acids is 1. The van der Waals surface area contributed by atoms with E-state index in [1.54, 1.807) is 42.5 Å². The average Bonchev–Trinajstić information content (AvgIpc) is 3.06. The molecule has 0 spiro atoms. The quantitative estimate of drug-likeness (QED) is 0.392. The maximum atomic E-state index is 12.3. The van der Waals surface area contributed by atoms with Crippen molar-refractivity contribution in [3.8, 4) is 5.75 Å². The lowest BCUT2D eigenvalue weighted by Crippen LogP contribution is -2.24. The van der Waals surface area contributed by atoms with Crippen molar-refractivity contribution in [2.24, 2.45) is 10.2 Å². The average molecular weight is 432 g/mol. The molecule has 0 aliphatic carbocycles. The van der Waals surface area contributed by atoms with Crippen molar-refractivity contribution in [3.63, 3.8) is 0 Å². The molecular formula is C20H21N3O4S2. The molecule has 1 atom stereocenters. The van der Waals surface area contributed by atoms with Gasteiger partial charge in [-0.2, -0.15) is 13.5 Å². The lowest BCUT2D eigenvalue weighted by molar-refractivity contribution is -0.118. The number of carbonyl (C=O) groups is 1. The smallest absolute Gasteiger partial charge is 0.339 e. The number of hydrogen-bond donors (Lipinski definition) is 1. The van der Waals surface area contributed by atoms with Gasteiger partial charge in [-0.25, -0.2) is 0 Å². The molecule has 1 fully saturated rings. The van der Waals surface area contributed by atoms with Gasteiger partial charge < -0.3 is 9.50 Å². The van der Waals surface area contributed by atoms with Crippen LogP contribution in [-0.2, 0) is 14.9 Å². The van der Waals surface area contributed by atoms with Gasteiger partial charge in [0.05, 0.1) is 11.5 Å². The third-order valence-corrected chi connectivity index (χ3v) is 6.45. The summed E-state index contributed by atoms with van der Waals surface area (Å²) in [6.07, 6.45) is 4.31. The first kappa shape index (κ1) is 21.1. The molecule has 29 heavy (non-hydrogen) atoms. The molecule has 2 aromatic rings. The van der Waals surface area contributed by atoms with Crippen LogP contribution in [0.25, 0.3) is 0 Å². The maximum Gasteiger partial charge on any atom is 0.339 e. The Morgan fingerprint density at radius 2 is 1.97 bits per heavy atom. The number of nitrogens with one attached hydrogen (secondary N) is 1. The van der Waals surface area contributed by atoms with Crippen LogP contribution in [0.1, 0.15) is 31.7 Å². The number of amidine groups is 1. The lowest BCUT2D eigenvalue weighted by Gasteiger charge is -2.07. The highest BCUT2D eigenvalue weighted by molar-refractivity contribution is 8.15. The summed E-state index contributed by atoms with van der Waals surface area (Å²) < 4.78 is 29.8. The van der Waals surface area contributed by atoms with E-state index in [9.17, 15) is 13.2 Å². The number of amides is 1. The van der Waals surface area contributed by atoms with E-state index in [4.69, 9.17) is 4.18 Å². The standard InChI is InChI=1S/C20H21N3O4S2/c1-2-3-12-18-19(24)22-20(28-18)23-21-14-15-8-7-9-16(13-15)27-29(25,26)17-10-5-4-6-11-17/h4-11,13-14,18H,2-3,12H2,1H3,(H,22,23,24)/b21-14+. The molecule has 1 amide bonds. The second-order valence-corrected chi connectivity index (χ2v) is 9.05. The van der Waals surface area contributed by atoms with E-state index in [1.807, 2.05) is 0 Å². The van der Waals surface area contributed by atoms with Crippen LogP contribution in [0.2, 0.25) is 0 Å². The van der Waals surface area contributed by atoms with Crippen molar-refractivity contribution in [1.82, 2.24) is 5.32 Å². The molecule has 0 radical (unpaired) electrons. The maximum absolute atomic E-state index is 12.3. The molecule has 0 saturated carbocycles. The molecule has 9 heteroatoms. The number of hydrogen-bond acceptors (Lipinski definition) is 7. The van der Waals surface area contributed by atoms with Crippen molar-refractivity contribution in [2.75, 3.05) is 0 Å². The molecule has 152 valence electrons. The van der Waals surface area contributed by atoms with Gasteiger partial charge in [-0.3, -0.25) is 4.79 Å². The zero-order valence-corrected chi connectivity index (χ0v) is 17.4. The van der Waals surface area contributed by atoms with E-state index in [1.165, 1.54) is 30.1 Å². The van der Waals surface area contributed by atoms with Crippen LogP contribution in [0.5, 0.6) is 5.75 Å². The van der Waals surface area contributed by atoms with Crippen molar-refractivity contribution >= 4 is 39.2 Å². The summed E-state index contributed by atoms with van der Waals surface area (Å²) in [5.74, 6) is 0.132. The SMILES string of the molecule is CCCCC1S/C(=N\N=C\c2cccc(OS(=O)(=O)c3ccccc3)c2)NC1=O. The van der Waals surface area contributed by atoms with Crippen LogP contribution >= 0.6 is 11.8 Å². The highest BCUT2D eigenvalue weighted by Gasteiger charge is 2.29. The summed E-state index contributed by atoms with van der Waals surface area (Å²) in [5, 5.41) is 11.1. The van der Waals surface area contributed by atoms with Crippen molar-refractivity contribution in [1.29, 1.82) is 0 Å². The Hall–Kier alpha value is -2.65. The molecule has 0 bridgehead atoms. The van der Waals surface area contributed by atoms with Gasteiger partial charge in [0.2, 0.25) is 5.91 Å². The fourth-order valence-electron chi connectivity index (χ4n) is 2.59. The van der Waals surface area contributed by atoms with E-state index >= 15 is 0 Å². The summed E-state index contributed by atoms with van der Waals surface area (Å²) in [7, 11) is -3.91. The number of unbranched alkanes of at least 4 members (excludes halogenated alkanes) is 1. The predicted octanol–water partition coefficient (Wildman–Crippen LogP) is 3.57. The summed E-state index contributed by atoms with van der Waals surface area (Å²) in [6.45, 7) is 2.08.